The average Bonchev–Trinajstić information content (AvgIpc) is 3.72. The molecule has 57 heavy (non-hydrogen) atoms. The van der Waals surface area contributed by atoms with Crippen LogP contribution >= 0.6 is 22.9 Å². The topological polar surface area (TPSA) is 155 Å². The minimum absolute atomic E-state index is 0.155. The number of imide groups is 1. The summed E-state index contributed by atoms with van der Waals surface area (Å²) in [4.78, 5) is 48.9. The van der Waals surface area contributed by atoms with Crippen LogP contribution in [0.2, 0.25) is 5.02 Å². The molecule has 2 aliphatic carbocycles. The third-order valence-electron chi connectivity index (χ3n) is 11.8. The quantitative estimate of drug-likeness (QED) is 0.0679. The molecule has 2 aliphatic heterocycles. The summed E-state index contributed by atoms with van der Waals surface area (Å²) in [6, 6.07) is 8.43. The maximum absolute atomic E-state index is 13.0. The van der Waals surface area contributed by atoms with Crippen molar-refractivity contribution in [2.45, 2.75) is 115 Å². The summed E-state index contributed by atoms with van der Waals surface area (Å²) < 4.78 is 8.04. The highest BCUT2D eigenvalue weighted by Gasteiger charge is 2.40. The molecule has 3 amide bonds. The number of anilines is 1. The summed E-state index contributed by atoms with van der Waals surface area (Å²) in [6.45, 7) is 3.55. The Hall–Kier alpha value is -4.37. The summed E-state index contributed by atoms with van der Waals surface area (Å²) >= 11 is 8.09. The van der Waals surface area contributed by atoms with Crippen molar-refractivity contribution in [1.29, 1.82) is 0 Å². The first-order valence-electron chi connectivity index (χ1n) is 20.5. The third kappa shape index (κ3) is 9.68. The number of amides is 3. The highest BCUT2D eigenvalue weighted by molar-refractivity contribution is 7.10. The van der Waals surface area contributed by atoms with E-state index in [1.54, 1.807) is 11.1 Å². The van der Waals surface area contributed by atoms with Crippen LogP contribution in [0.1, 0.15) is 103 Å². The van der Waals surface area contributed by atoms with Gasteiger partial charge in [0.25, 0.3) is 5.91 Å². The van der Waals surface area contributed by atoms with E-state index < -0.39 is 11.9 Å². The maximum Gasteiger partial charge on any atom is 0.256 e. The number of nitrogens with one attached hydrogen (secondary N) is 4. The second-order valence-electron chi connectivity index (χ2n) is 15.9. The Labute approximate surface area is 342 Å². The van der Waals surface area contributed by atoms with Gasteiger partial charge in [0.1, 0.15) is 18.4 Å². The van der Waals surface area contributed by atoms with Gasteiger partial charge in [-0.15, -0.1) is 11.3 Å². The molecule has 0 radical (unpaired) electrons. The number of hydrogen-bond acceptors (Lipinski definition) is 11. The zero-order valence-electron chi connectivity index (χ0n) is 32.5. The van der Waals surface area contributed by atoms with Crippen molar-refractivity contribution in [2.75, 3.05) is 18.4 Å². The number of hydrogen-bond donors (Lipinski definition) is 4. The second kappa shape index (κ2) is 18.0. The van der Waals surface area contributed by atoms with Crippen molar-refractivity contribution in [1.82, 2.24) is 40.6 Å². The van der Waals surface area contributed by atoms with Gasteiger partial charge in [-0.2, -0.15) is 5.10 Å². The van der Waals surface area contributed by atoms with Crippen LogP contribution in [0.3, 0.4) is 0 Å². The first-order chi connectivity index (χ1) is 27.8. The molecule has 1 unspecified atom stereocenters. The summed E-state index contributed by atoms with van der Waals surface area (Å²) in [5, 5.41) is 20.2. The Balaban J connectivity index is 0.680. The molecule has 4 aliphatic rings. The lowest BCUT2D eigenvalue weighted by atomic mass is 9.91. The van der Waals surface area contributed by atoms with Gasteiger partial charge in [-0.3, -0.25) is 24.4 Å². The number of carbonyl (C=O) groups is 3. The van der Waals surface area contributed by atoms with Gasteiger partial charge in [0.05, 0.1) is 28.7 Å². The van der Waals surface area contributed by atoms with Gasteiger partial charge in [-0.05, 0) is 101 Å². The van der Waals surface area contributed by atoms with Crippen LogP contribution in [0, 0.1) is 5.92 Å². The average molecular weight is 814 g/mol. The van der Waals surface area contributed by atoms with Gasteiger partial charge in [-0.25, -0.2) is 9.97 Å². The van der Waals surface area contributed by atoms with E-state index >= 15 is 0 Å². The number of piperidine rings is 1. The zero-order valence-corrected chi connectivity index (χ0v) is 34.1. The lowest BCUT2D eigenvalue weighted by Crippen LogP contribution is -2.52. The van der Waals surface area contributed by atoms with Crippen molar-refractivity contribution in [3.05, 3.63) is 74.3 Å². The fourth-order valence-electron chi connectivity index (χ4n) is 8.22. The predicted octanol–water partition coefficient (Wildman–Crippen LogP) is 6.16. The van der Waals surface area contributed by atoms with Gasteiger partial charge in [-0.1, -0.05) is 30.2 Å². The molecule has 2 saturated carbocycles. The Bertz CT molecular complexity index is 2060. The Morgan fingerprint density at radius 1 is 0.947 bits per heavy atom. The predicted molar refractivity (Wildman–Crippen MR) is 220 cm³/mol. The summed E-state index contributed by atoms with van der Waals surface area (Å²) in [5.41, 5.74) is 5.73. The minimum atomic E-state index is -0.610. The highest BCUT2D eigenvalue weighted by atomic mass is 35.5. The zero-order chi connectivity index (χ0) is 39.3. The molecular weight excluding hydrogens is 762 g/mol. The molecule has 1 atom stereocenters. The molecule has 4 aromatic rings. The van der Waals surface area contributed by atoms with E-state index in [2.05, 4.69) is 43.5 Å². The second-order valence-corrected chi connectivity index (χ2v) is 17.3. The van der Waals surface area contributed by atoms with Crippen molar-refractivity contribution in [2.24, 2.45) is 13.0 Å². The Morgan fingerprint density at radius 2 is 1.74 bits per heavy atom. The fourth-order valence-corrected chi connectivity index (χ4v) is 9.36. The van der Waals surface area contributed by atoms with E-state index in [9.17, 15) is 14.4 Å². The largest absolute Gasteiger partial charge is 0.488 e. The third-order valence-corrected chi connectivity index (χ3v) is 13.1. The molecule has 4 N–H and O–H groups in total. The van der Waals surface area contributed by atoms with Gasteiger partial charge in [0, 0.05) is 65.7 Å². The first kappa shape index (κ1) is 39.5. The molecule has 1 aromatic carbocycles. The minimum Gasteiger partial charge on any atom is -0.488 e. The lowest BCUT2D eigenvalue weighted by molar-refractivity contribution is -0.136. The van der Waals surface area contributed by atoms with E-state index in [4.69, 9.17) is 21.3 Å². The number of benzene rings is 1. The van der Waals surface area contributed by atoms with Gasteiger partial charge in [0.2, 0.25) is 17.8 Å². The van der Waals surface area contributed by atoms with E-state index in [1.165, 1.54) is 48.3 Å². The van der Waals surface area contributed by atoms with Crippen molar-refractivity contribution >= 4 is 46.6 Å². The maximum atomic E-state index is 13.0. The molecule has 1 saturated heterocycles. The number of halogens is 1. The van der Waals surface area contributed by atoms with Crippen LogP contribution in [0.4, 0.5) is 5.95 Å². The molecule has 302 valence electrons. The number of carbonyl (C=O) groups excluding carboxylic acids is 3. The van der Waals surface area contributed by atoms with Crippen molar-refractivity contribution < 1.29 is 19.1 Å². The van der Waals surface area contributed by atoms with Crippen LogP contribution in [0.15, 0.2) is 42.0 Å². The Kier molecular flexibility index (Phi) is 12.5. The number of nitrogens with zero attached hydrogens (tertiary/aromatic N) is 5. The van der Waals surface area contributed by atoms with Gasteiger partial charge >= 0.3 is 0 Å². The van der Waals surface area contributed by atoms with Crippen LogP contribution in [0.5, 0.6) is 5.75 Å². The van der Waals surface area contributed by atoms with Gasteiger partial charge in [0.15, 0.2) is 0 Å². The van der Waals surface area contributed by atoms with E-state index in [-0.39, 0.29) is 18.2 Å². The molecule has 0 bridgehead atoms. The summed E-state index contributed by atoms with van der Waals surface area (Å²) in [5.74, 6) is 1.32. The van der Waals surface area contributed by atoms with E-state index in [0.29, 0.717) is 48.2 Å². The number of aromatic nitrogens is 4. The van der Waals surface area contributed by atoms with Crippen LogP contribution in [-0.2, 0) is 42.8 Å². The molecule has 5 heterocycles. The molecule has 8 rings (SSSR count). The standard InChI is InChI=1S/C42H52ClN9O4S/c1-51-36(19-26-5-6-26)31(21-47-51)39-34(43)22-46-42(50-39)48-29-11-9-28(10-12-29)45-18-4-2-3-17-44-20-27-7-13-30(14-8-27)56-24-37-32-23-52(41(55)33(32)25-57-37)35-15-16-38(53)49-40(35)54/h7-8,13-14,21-22,25-26,28-29,35,44-45H,2-6,9-12,15-20,23-24H2,1H3,(H,46,48,50)(H,49,53,54). The lowest BCUT2D eigenvalue weighted by Gasteiger charge is -2.30. The van der Waals surface area contributed by atoms with Gasteiger partial charge < -0.3 is 25.6 Å². The summed E-state index contributed by atoms with van der Waals surface area (Å²) in [6.07, 6.45) is 15.7. The molecule has 15 heteroatoms. The molecular formula is C42H52ClN9O4S. The van der Waals surface area contributed by atoms with Crippen LogP contribution in [0.25, 0.3) is 11.3 Å². The monoisotopic (exact) mass is 813 g/mol. The first-order valence-corrected chi connectivity index (χ1v) is 21.7. The summed E-state index contributed by atoms with van der Waals surface area (Å²) in [7, 11) is 2.00. The number of ether oxygens (including phenoxy) is 1. The highest BCUT2D eigenvalue weighted by Crippen LogP contribution is 2.37. The van der Waals surface area contributed by atoms with Crippen molar-refractivity contribution in [3.63, 3.8) is 0 Å². The van der Waals surface area contributed by atoms with Crippen molar-refractivity contribution in [3.8, 4) is 17.0 Å². The van der Waals surface area contributed by atoms with Crippen LogP contribution < -0.4 is 26.0 Å². The van der Waals surface area contributed by atoms with E-state index in [0.717, 1.165) is 91.5 Å². The number of thiophene rings is 1. The molecule has 0 spiro atoms. The smallest absolute Gasteiger partial charge is 0.256 e. The number of rotatable bonds is 18. The van der Waals surface area contributed by atoms with Crippen LogP contribution in [-0.4, -0.2) is 73.6 Å². The number of unbranched alkanes of at least 4 members (excludes halogenated alkanes) is 2. The van der Waals surface area contributed by atoms with E-state index in [1.807, 2.05) is 35.4 Å². The molecule has 3 fully saturated rings. The number of aryl methyl sites for hydroxylation is 1. The SMILES string of the molecule is Cn1ncc(-c2nc(NC3CCC(NCCCCCNCc4ccc(OCc5scc6c5CN(C5CCC(=O)NC5=O)C6=O)cc4)CC3)ncc2Cl)c1CC1CC1. The number of fused-ring (bicyclic) bond motifs is 1. The molecule has 13 nitrogen and oxygen atoms in total. The molecule has 3 aromatic heterocycles. The fraction of sp³-hybridized carbons (Fsp3) is 0.524. The normalized spacial score (nSPS) is 20.8. The Morgan fingerprint density at radius 3 is 2.53 bits per heavy atom.